The third-order valence-electron chi connectivity index (χ3n) is 2.56. The summed E-state index contributed by atoms with van der Waals surface area (Å²) in [7, 11) is 0. The maximum Gasteiger partial charge on any atom is 0.330 e. The summed E-state index contributed by atoms with van der Waals surface area (Å²) in [5.41, 5.74) is 0. The van der Waals surface area contributed by atoms with Crippen molar-refractivity contribution in [2.75, 3.05) is 13.2 Å². The fourth-order valence-corrected chi connectivity index (χ4v) is 1.66. The predicted octanol–water partition coefficient (Wildman–Crippen LogP) is 2.65. The summed E-state index contributed by atoms with van der Waals surface area (Å²) in [4.78, 5) is 10.8. The molecule has 0 saturated carbocycles. The number of ether oxygens (including phenoxy) is 2. The monoisotopic (exact) mass is 258 g/mol. The van der Waals surface area contributed by atoms with Gasteiger partial charge in [0.2, 0.25) is 0 Å². The fourth-order valence-electron chi connectivity index (χ4n) is 1.66. The van der Waals surface area contributed by atoms with E-state index in [0.29, 0.717) is 5.75 Å². The molecule has 0 aliphatic carbocycles. The van der Waals surface area contributed by atoms with Crippen molar-refractivity contribution in [3.05, 3.63) is 49.1 Å². The van der Waals surface area contributed by atoms with E-state index in [1.54, 1.807) is 18.2 Å². The molecule has 2 aromatic rings. The summed E-state index contributed by atoms with van der Waals surface area (Å²) in [6, 6.07) is 10.7. The van der Waals surface area contributed by atoms with E-state index in [1.807, 2.05) is 18.2 Å². The van der Waals surface area contributed by atoms with Gasteiger partial charge in [-0.1, -0.05) is 18.7 Å². The molecule has 0 atom stereocenters. The molecule has 0 bridgehead atoms. The molecule has 0 fully saturated rings. The number of rotatable bonds is 5. The lowest BCUT2D eigenvalue weighted by Crippen LogP contribution is -2.10. The fraction of sp³-hybridized carbons (Fsp3) is 0.133. The van der Waals surface area contributed by atoms with E-state index in [4.69, 9.17) is 9.47 Å². The van der Waals surface area contributed by atoms with Crippen LogP contribution in [0.15, 0.2) is 49.1 Å². The summed E-state index contributed by atoms with van der Waals surface area (Å²) < 4.78 is 10.3. The van der Waals surface area contributed by atoms with Gasteiger partial charge in [0.1, 0.15) is 24.7 Å². The molecule has 0 unspecified atom stereocenters. The van der Waals surface area contributed by atoms with E-state index in [9.17, 15) is 9.90 Å². The van der Waals surface area contributed by atoms with Crippen LogP contribution in [0.5, 0.6) is 11.5 Å². The molecule has 0 aromatic heterocycles. The van der Waals surface area contributed by atoms with Crippen molar-refractivity contribution in [1.82, 2.24) is 0 Å². The molecule has 0 radical (unpaired) electrons. The van der Waals surface area contributed by atoms with Crippen LogP contribution in [-0.4, -0.2) is 24.3 Å². The standard InChI is InChI=1S/C15H14O4/c1-2-15(17)19-8-7-18-14-6-4-11-9-13(16)5-3-12(11)10-14/h2-6,9-10,16H,1,7-8H2. The molecule has 19 heavy (non-hydrogen) atoms. The molecule has 0 amide bonds. The maximum atomic E-state index is 10.8. The average molecular weight is 258 g/mol. The maximum absolute atomic E-state index is 10.8. The summed E-state index contributed by atoms with van der Waals surface area (Å²) in [5, 5.41) is 11.3. The van der Waals surface area contributed by atoms with Crippen LogP contribution in [0, 0.1) is 0 Å². The number of phenols is 1. The van der Waals surface area contributed by atoms with Gasteiger partial charge in [-0.25, -0.2) is 4.79 Å². The van der Waals surface area contributed by atoms with Gasteiger partial charge < -0.3 is 14.6 Å². The summed E-state index contributed by atoms with van der Waals surface area (Å²) >= 11 is 0. The van der Waals surface area contributed by atoms with Crippen molar-refractivity contribution in [2.45, 2.75) is 0 Å². The van der Waals surface area contributed by atoms with Crippen LogP contribution in [0.4, 0.5) is 0 Å². The first-order valence-electron chi connectivity index (χ1n) is 5.84. The van der Waals surface area contributed by atoms with E-state index in [1.165, 1.54) is 0 Å². The van der Waals surface area contributed by atoms with Gasteiger partial charge in [0.15, 0.2) is 0 Å². The number of carbonyl (C=O) groups excluding carboxylic acids is 1. The third kappa shape index (κ3) is 3.48. The zero-order chi connectivity index (χ0) is 13.7. The molecule has 0 saturated heterocycles. The van der Waals surface area contributed by atoms with Gasteiger partial charge in [-0.3, -0.25) is 0 Å². The highest BCUT2D eigenvalue weighted by Gasteiger charge is 2.00. The number of hydrogen-bond donors (Lipinski definition) is 1. The number of hydrogen-bond acceptors (Lipinski definition) is 4. The second kappa shape index (κ2) is 5.91. The number of esters is 1. The first kappa shape index (κ1) is 13.0. The topological polar surface area (TPSA) is 55.8 Å². The minimum Gasteiger partial charge on any atom is -0.508 e. The van der Waals surface area contributed by atoms with Gasteiger partial charge in [0, 0.05) is 6.08 Å². The summed E-state index contributed by atoms with van der Waals surface area (Å²) in [5.74, 6) is 0.461. The Morgan fingerprint density at radius 2 is 1.89 bits per heavy atom. The van der Waals surface area contributed by atoms with Crippen molar-refractivity contribution in [1.29, 1.82) is 0 Å². The molecule has 2 aromatic carbocycles. The molecular formula is C15H14O4. The highest BCUT2D eigenvalue weighted by Crippen LogP contribution is 2.24. The van der Waals surface area contributed by atoms with E-state index in [2.05, 4.69) is 6.58 Å². The van der Waals surface area contributed by atoms with Crippen LogP contribution in [0.1, 0.15) is 0 Å². The number of aromatic hydroxyl groups is 1. The van der Waals surface area contributed by atoms with E-state index in [-0.39, 0.29) is 19.0 Å². The van der Waals surface area contributed by atoms with E-state index < -0.39 is 5.97 Å². The second-order valence-electron chi connectivity index (χ2n) is 3.91. The largest absolute Gasteiger partial charge is 0.508 e. The minimum atomic E-state index is -0.461. The van der Waals surface area contributed by atoms with Gasteiger partial charge in [-0.15, -0.1) is 0 Å². The first-order valence-corrected chi connectivity index (χ1v) is 5.84. The Morgan fingerprint density at radius 1 is 1.16 bits per heavy atom. The van der Waals surface area contributed by atoms with Crippen molar-refractivity contribution in [3.63, 3.8) is 0 Å². The van der Waals surface area contributed by atoms with E-state index >= 15 is 0 Å². The van der Waals surface area contributed by atoms with Crippen LogP contribution in [0.3, 0.4) is 0 Å². The molecule has 4 nitrogen and oxygen atoms in total. The number of carbonyl (C=O) groups is 1. The molecular weight excluding hydrogens is 244 g/mol. The van der Waals surface area contributed by atoms with Gasteiger partial charge >= 0.3 is 5.97 Å². The van der Waals surface area contributed by atoms with Crippen molar-refractivity contribution in [2.24, 2.45) is 0 Å². The molecule has 1 N–H and O–H groups in total. The third-order valence-corrected chi connectivity index (χ3v) is 2.56. The van der Waals surface area contributed by atoms with Crippen LogP contribution in [-0.2, 0) is 9.53 Å². The lowest BCUT2D eigenvalue weighted by Gasteiger charge is -2.07. The van der Waals surface area contributed by atoms with Gasteiger partial charge in [0.25, 0.3) is 0 Å². The molecule has 2 rings (SSSR count). The van der Waals surface area contributed by atoms with Gasteiger partial charge in [-0.05, 0) is 35.0 Å². The molecule has 0 aliphatic heterocycles. The van der Waals surface area contributed by atoms with Gasteiger partial charge in [0.05, 0.1) is 0 Å². The molecule has 98 valence electrons. The number of benzene rings is 2. The highest BCUT2D eigenvalue weighted by molar-refractivity contribution is 5.85. The number of phenolic OH excluding ortho intramolecular Hbond substituents is 1. The highest BCUT2D eigenvalue weighted by atomic mass is 16.6. The Bertz CT molecular complexity index is 604. The molecule has 0 spiro atoms. The number of fused-ring (bicyclic) bond motifs is 1. The van der Waals surface area contributed by atoms with Crippen molar-refractivity contribution < 1.29 is 19.4 Å². The van der Waals surface area contributed by atoms with E-state index in [0.717, 1.165) is 16.8 Å². The molecule has 0 heterocycles. The zero-order valence-electron chi connectivity index (χ0n) is 10.3. The van der Waals surface area contributed by atoms with Crippen molar-refractivity contribution in [3.8, 4) is 11.5 Å². The lowest BCUT2D eigenvalue weighted by atomic mass is 10.1. The Labute approximate surface area is 110 Å². The summed E-state index contributed by atoms with van der Waals surface area (Å²) in [6.07, 6.45) is 1.11. The second-order valence-corrected chi connectivity index (χ2v) is 3.91. The zero-order valence-corrected chi connectivity index (χ0v) is 10.3. The quantitative estimate of drug-likeness (QED) is 0.509. The van der Waals surface area contributed by atoms with Crippen LogP contribution in [0.2, 0.25) is 0 Å². The van der Waals surface area contributed by atoms with Crippen LogP contribution >= 0.6 is 0 Å². The summed E-state index contributed by atoms with van der Waals surface area (Å²) in [6.45, 7) is 3.76. The SMILES string of the molecule is C=CC(=O)OCCOc1ccc2cc(O)ccc2c1. The smallest absolute Gasteiger partial charge is 0.330 e. The Balaban J connectivity index is 1.96. The molecule has 4 heteroatoms. The Morgan fingerprint density at radius 3 is 2.68 bits per heavy atom. The minimum absolute atomic E-state index is 0.179. The average Bonchev–Trinajstić information content (AvgIpc) is 2.43. The van der Waals surface area contributed by atoms with Crippen molar-refractivity contribution >= 4 is 16.7 Å². The lowest BCUT2D eigenvalue weighted by molar-refractivity contribution is -0.138. The van der Waals surface area contributed by atoms with Crippen LogP contribution < -0.4 is 4.74 Å². The Hall–Kier alpha value is -2.49. The molecule has 0 aliphatic rings. The predicted molar refractivity (Wildman–Crippen MR) is 72.3 cm³/mol. The normalized spacial score (nSPS) is 10.1. The Kier molecular flexibility index (Phi) is 4.03. The van der Waals surface area contributed by atoms with Gasteiger partial charge in [-0.2, -0.15) is 0 Å². The first-order chi connectivity index (χ1) is 9.19. The van der Waals surface area contributed by atoms with Crippen LogP contribution in [0.25, 0.3) is 10.8 Å².